The molecule has 7 nitrogen and oxygen atoms in total. The van der Waals surface area contributed by atoms with Crippen LogP contribution in [0.4, 0.5) is 13.6 Å². The van der Waals surface area contributed by atoms with Crippen molar-refractivity contribution < 1.29 is 33.0 Å². The second-order valence-corrected chi connectivity index (χ2v) is 8.29. The fourth-order valence-electron chi connectivity index (χ4n) is 4.13. The lowest BCUT2D eigenvalue weighted by Crippen LogP contribution is -2.46. The maximum atomic E-state index is 13.6. The summed E-state index contributed by atoms with van der Waals surface area (Å²) in [4.78, 5) is 37.1. The molecule has 0 saturated carbocycles. The van der Waals surface area contributed by atoms with Crippen LogP contribution in [0.15, 0.2) is 48.5 Å². The average Bonchev–Trinajstić information content (AvgIpc) is 3.14. The number of benzene rings is 2. The Hall–Kier alpha value is -3.49. The van der Waals surface area contributed by atoms with Gasteiger partial charge >= 0.3 is 12.1 Å². The fourth-order valence-corrected chi connectivity index (χ4v) is 4.13. The van der Waals surface area contributed by atoms with Gasteiger partial charge < -0.3 is 20.1 Å². The number of alkyl halides is 2. The summed E-state index contributed by atoms with van der Waals surface area (Å²) < 4.78 is 32.5. The number of halogens is 2. The van der Waals surface area contributed by atoms with E-state index in [-0.39, 0.29) is 25.6 Å². The van der Waals surface area contributed by atoms with Crippen LogP contribution in [0.2, 0.25) is 0 Å². The molecule has 0 saturated heterocycles. The van der Waals surface area contributed by atoms with E-state index in [2.05, 4.69) is 5.32 Å². The van der Waals surface area contributed by atoms with Crippen LogP contribution in [0.5, 0.6) is 0 Å². The minimum Gasteiger partial charge on any atom is -0.481 e. The Morgan fingerprint density at radius 2 is 1.62 bits per heavy atom. The summed E-state index contributed by atoms with van der Waals surface area (Å²) in [5.74, 6) is -2.82. The van der Waals surface area contributed by atoms with Crippen LogP contribution in [0.1, 0.15) is 37.3 Å². The Bertz CT molecular complexity index is 1000. The Morgan fingerprint density at radius 3 is 2.12 bits per heavy atom. The van der Waals surface area contributed by atoms with Crippen molar-refractivity contribution in [2.24, 2.45) is 5.92 Å². The molecular formula is C25H28F2N2O5. The normalized spacial score (nSPS) is 14.1. The summed E-state index contributed by atoms with van der Waals surface area (Å²) in [6, 6.07) is 13.7. The number of carbonyl (C=O) groups is 3. The van der Waals surface area contributed by atoms with Crippen molar-refractivity contribution >= 4 is 18.0 Å². The first-order valence-electron chi connectivity index (χ1n) is 11.1. The molecule has 0 spiro atoms. The molecule has 2 aromatic carbocycles. The summed E-state index contributed by atoms with van der Waals surface area (Å²) in [5, 5.41) is 11.1. The number of aliphatic carboxylic acids is 1. The van der Waals surface area contributed by atoms with E-state index in [1.165, 1.54) is 11.8 Å². The zero-order valence-electron chi connectivity index (χ0n) is 19.0. The molecule has 2 unspecified atom stereocenters. The van der Waals surface area contributed by atoms with Crippen LogP contribution in [0.25, 0.3) is 11.1 Å². The van der Waals surface area contributed by atoms with Gasteiger partial charge in [-0.1, -0.05) is 55.5 Å². The third-order valence-electron chi connectivity index (χ3n) is 6.00. The third kappa shape index (κ3) is 5.70. The first-order chi connectivity index (χ1) is 16.2. The van der Waals surface area contributed by atoms with Gasteiger partial charge in [-0.15, -0.1) is 0 Å². The van der Waals surface area contributed by atoms with Crippen LogP contribution in [0, 0.1) is 5.92 Å². The maximum Gasteiger partial charge on any atom is 0.407 e. The van der Waals surface area contributed by atoms with E-state index in [4.69, 9.17) is 9.84 Å². The second kappa shape index (κ2) is 11.1. The summed E-state index contributed by atoms with van der Waals surface area (Å²) in [5.41, 5.74) is 4.06. The minimum atomic E-state index is -3.00. The van der Waals surface area contributed by atoms with Crippen LogP contribution in [-0.4, -0.2) is 60.1 Å². The molecule has 34 heavy (non-hydrogen) atoms. The topological polar surface area (TPSA) is 95.9 Å². The summed E-state index contributed by atoms with van der Waals surface area (Å²) in [6.45, 7) is 3.07. The van der Waals surface area contributed by atoms with E-state index in [1.54, 1.807) is 6.92 Å². The number of hydrogen-bond acceptors (Lipinski definition) is 4. The predicted molar refractivity (Wildman–Crippen MR) is 122 cm³/mol. The van der Waals surface area contributed by atoms with Crippen molar-refractivity contribution in [3.63, 3.8) is 0 Å². The van der Waals surface area contributed by atoms with Gasteiger partial charge in [-0.2, -0.15) is 0 Å². The van der Waals surface area contributed by atoms with E-state index >= 15 is 0 Å². The number of nitrogens with zero attached hydrogens (tertiary/aromatic N) is 1. The molecule has 1 aliphatic carbocycles. The third-order valence-corrected chi connectivity index (χ3v) is 6.00. The molecule has 3 rings (SSSR count). The number of carbonyl (C=O) groups excluding carboxylic acids is 2. The molecular weight excluding hydrogens is 446 g/mol. The van der Waals surface area contributed by atoms with Gasteiger partial charge in [0.25, 0.3) is 6.43 Å². The van der Waals surface area contributed by atoms with E-state index in [0.29, 0.717) is 0 Å². The zero-order valence-corrected chi connectivity index (χ0v) is 19.0. The SMILES string of the molecule is CCN(CC(C)C(=O)O)C(=O)CC(NC(=O)OCC1c2ccccc2-c2ccccc21)C(F)F. The smallest absolute Gasteiger partial charge is 0.407 e. The minimum absolute atomic E-state index is 0.0407. The molecule has 2 aromatic rings. The van der Waals surface area contributed by atoms with Gasteiger partial charge in [0, 0.05) is 19.0 Å². The quantitative estimate of drug-likeness (QED) is 0.540. The highest BCUT2D eigenvalue weighted by Gasteiger charge is 2.31. The highest BCUT2D eigenvalue weighted by molar-refractivity contribution is 5.80. The van der Waals surface area contributed by atoms with E-state index < -0.39 is 42.8 Å². The van der Waals surface area contributed by atoms with E-state index in [0.717, 1.165) is 22.3 Å². The monoisotopic (exact) mass is 474 g/mol. The highest BCUT2D eigenvalue weighted by Crippen LogP contribution is 2.44. The van der Waals surface area contributed by atoms with Crippen molar-refractivity contribution in [1.82, 2.24) is 10.2 Å². The molecule has 9 heteroatoms. The van der Waals surface area contributed by atoms with Gasteiger partial charge in [0.2, 0.25) is 5.91 Å². The van der Waals surface area contributed by atoms with Gasteiger partial charge in [-0.25, -0.2) is 13.6 Å². The lowest BCUT2D eigenvalue weighted by Gasteiger charge is -2.25. The lowest BCUT2D eigenvalue weighted by molar-refractivity contribution is -0.143. The molecule has 0 aliphatic heterocycles. The Morgan fingerprint density at radius 1 is 1.06 bits per heavy atom. The zero-order chi connectivity index (χ0) is 24.8. The average molecular weight is 475 g/mol. The fraction of sp³-hybridized carbons (Fsp3) is 0.400. The largest absolute Gasteiger partial charge is 0.481 e. The highest BCUT2D eigenvalue weighted by atomic mass is 19.3. The number of rotatable bonds is 10. The predicted octanol–water partition coefficient (Wildman–Crippen LogP) is 4.12. The van der Waals surface area contributed by atoms with Crippen molar-refractivity contribution in [3.05, 3.63) is 59.7 Å². The van der Waals surface area contributed by atoms with Gasteiger partial charge in [-0.05, 0) is 29.2 Å². The van der Waals surface area contributed by atoms with Gasteiger partial charge in [-0.3, -0.25) is 9.59 Å². The maximum absolute atomic E-state index is 13.6. The van der Waals surface area contributed by atoms with Crippen LogP contribution in [0.3, 0.4) is 0 Å². The molecule has 1 aliphatic rings. The Labute approximate surface area is 196 Å². The van der Waals surface area contributed by atoms with Gasteiger partial charge in [0.1, 0.15) is 12.6 Å². The molecule has 0 aromatic heterocycles. The molecule has 0 bridgehead atoms. The number of carboxylic acids is 1. The van der Waals surface area contributed by atoms with Crippen molar-refractivity contribution in [3.8, 4) is 11.1 Å². The standard InChI is InChI=1S/C25H28F2N2O5/c1-3-29(13-15(2)24(31)32)22(30)12-21(23(26)27)28-25(33)34-14-20-18-10-6-4-8-16(18)17-9-5-7-11-19(17)20/h4-11,15,20-21,23H,3,12-14H2,1-2H3,(H,28,33)(H,31,32). The number of amides is 2. The van der Waals surface area contributed by atoms with E-state index in [1.807, 2.05) is 48.5 Å². The number of hydrogen-bond donors (Lipinski definition) is 2. The summed E-state index contributed by atoms with van der Waals surface area (Å²) in [6.07, 6.45) is -4.70. The Balaban J connectivity index is 1.61. The second-order valence-electron chi connectivity index (χ2n) is 8.29. The molecule has 2 atom stereocenters. The first kappa shape index (κ1) is 25.1. The molecule has 0 fully saturated rings. The number of alkyl carbamates (subject to hydrolysis) is 1. The van der Waals surface area contributed by atoms with Gasteiger partial charge in [0.05, 0.1) is 12.3 Å². The molecule has 2 N–H and O–H groups in total. The molecule has 0 heterocycles. The van der Waals surface area contributed by atoms with Crippen LogP contribution >= 0.6 is 0 Å². The van der Waals surface area contributed by atoms with Crippen LogP contribution < -0.4 is 5.32 Å². The van der Waals surface area contributed by atoms with Crippen molar-refractivity contribution in [2.75, 3.05) is 19.7 Å². The lowest BCUT2D eigenvalue weighted by atomic mass is 9.98. The summed E-state index contributed by atoms with van der Waals surface area (Å²) in [7, 11) is 0. The Kier molecular flexibility index (Phi) is 8.20. The first-order valence-corrected chi connectivity index (χ1v) is 11.1. The van der Waals surface area contributed by atoms with Crippen molar-refractivity contribution in [1.29, 1.82) is 0 Å². The molecule has 2 amide bonds. The number of fused-ring (bicyclic) bond motifs is 3. The molecule has 182 valence electrons. The number of ether oxygens (including phenoxy) is 1. The number of nitrogens with one attached hydrogen (secondary N) is 1. The molecule has 0 radical (unpaired) electrons. The van der Waals surface area contributed by atoms with Gasteiger partial charge in [0.15, 0.2) is 0 Å². The summed E-state index contributed by atoms with van der Waals surface area (Å²) >= 11 is 0. The van der Waals surface area contributed by atoms with Crippen LogP contribution in [-0.2, 0) is 14.3 Å². The van der Waals surface area contributed by atoms with Crippen molar-refractivity contribution in [2.45, 2.75) is 38.7 Å². The van der Waals surface area contributed by atoms with E-state index in [9.17, 15) is 23.2 Å². The number of carboxylic acid groups (broad SMARTS) is 1.